The zero-order valence-electron chi connectivity index (χ0n) is 16.2. The van der Waals surface area contributed by atoms with Gasteiger partial charge in [-0.1, -0.05) is 25.4 Å². The standard InChI is InChI=1S/C16H21ClN6O2.C2H6/c1-20-2-4-22(5-3-20)16(24)12-10-14-18-13(17)11-15(23(14)19-12)21-6-8-25-9-7-21;1-2/h10-11H,2-9H2,1H3;1-2H3. The van der Waals surface area contributed by atoms with Gasteiger partial charge in [-0.05, 0) is 7.05 Å². The predicted molar refractivity (Wildman–Crippen MR) is 106 cm³/mol. The Bertz CT molecular complexity index is 781. The third-order valence-corrected chi connectivity index (χ3v) is 4.92. The van der Waals surface area contributed by atoms with Crippen LogP contribution in [0.3, 0.4) is 0 Å². The van der Waals surface area contributed by atoms with E-state index in [9.17, 15) is 4.79 Å². The third kappa shape index (κ3) is 4.34. The molecule has 2 aromatic heterocycles. The second kappa shape index (κ2) is 8.86. The summed E-state index contributed by atoms with van der Waals surface area (Å²) in [4.78, 5) is 23.3. The molecule has 0 N–H and O–H groups in total. The summed E-state index contributed by atoms with van der Waals surface area (Å²) in [6.07, 6.45) is 0. The van der Waals surface area contributed by atoms with Gasteiger partial charge in [-0.15, -0.1) is 0 Å². The molecule has 148 valence electrons. The first kappa shape index (κ1) is 19.9. The van der Waals surface area contributed by atoms with Crippen molar-refractivity contribution in [3.05, 3.63) is 23.0 Å². The third-order valence-electron chi connectivity index (χ3n) is 4.72. The molecule has 0 unspecified atom stereocenters. The SMILES string of the molecule is CC.CN1CCN(C(=O)c2cc3nc(Cl)cc(N4CCOCC4)n3n2)CC1. The molecule has 2 fully saturated rings. The van der Waals surface area contributed by atoms with Crippen LogP contribution in [0.25, 0.3) is 5.65 Å². The molecule has 27 heavy (non-hydrogen) atoms. The van der Waals surface area contributed by atoms with Gasteiger partial charge in [-0.25, -0.2) is 4.98 Å². The molecule has 9 heteroatoms. The minimum absolute atomic E-state index is 0.0531. The smallest absolute Gasteiger partial charge is 0.274 e. The number of anilines is 1. The number of ether oxygens (including phenoxy) is 1. The van der Waals surface area contributed by atoms with Gasteiger partial charge in [-0.2, -0.15) is 9.61 Å². The summed E-state index contributed by atoms with van der Waals surface area (Å²) < 4.78 is 7.12. The van der Waals surface area contributed by atoms with E-state index < -0.39 is 0 Å². The molecule has 2 aromatic rings. The average molecular weight is 395 g/mol. The number of amides is 1. The van der Waals surface area contributed by atoms with Gasteiger partial charge >= 0.3 is 0 Å². The maximum Gasteiger partial charge on any atom is 0.274 e. The molecule has 4 heterocycles. The van der Waals surface area contributed by atoms with Crippen molar-refractivity contribution in [1.29, 1.82) is 0 Å². The topological polar surface area (TPSA) is 66.2 Å². The Morgan fingerprint density at radius 2 is 1.74 bits per heavy atom. The van der Waals surface area contributed by atoms with Crippen LogP contribution in [0.4, 0.5) is 5.82 Å². The van der Waals surface area contributed by atoms with Crippen LogP contribution in [0.2, 0.25) is 5.15 Å². The van der Waals surface area contributed by atoms with E-state index in [1.54, 1.807) is 16.6 Å². The van der Waals surface area contributed by atoms with Gasteiger partial charge in [0.15, 0.2) is 11.3 Å². The molecule has 0 aliphatic carbocycles. The Kier molecular flexibility index (Phi) is 6.51. The molecule has 8 nitrogen and oxygen atoms in total. The first-order valence-electron chi connectivity index (χ1n) is 9.48. The van der Waals surface area contributed by atoms with E-state index in [1.807, 2.05) is 18.7 Å². The number of fused-ring (bicyclic) bond motifs is 1. The van der Waals surface area contributed by atoms with Gasteiger partial charge in [0.05, 0.1) is 13.2 Å². The van der Waals surface area contributed by atoms with Gasteiger partial charge < -0.3 is 19.4 Å². The van der Waals surface area contributed by atoms with E-state index in [1.165, 1.54) is 0 Å². The van der Waals surface area contributed by atoms with Crippen LogP contribution in [0.15, 0.2) is 12.1 Å². The van der Waals surface area contributed by atoms with E-state index in [4.69, 9.17) is 16.3 Å². The predicted octanol–water partition coefficient (Wildman–Crippen LogP) is 1.63. The number of rotatable bonds is 2. The lowest BCUT2D eigenvalue weighted by Crippen LogP contribution is -2.47. The number of likely N-dealkylation sites (N-methyl/N-ethyl adjacent to an activating group) is 1. The lowest BCUT2D eigenvalue weighted by atomic mass is 10.3. The molecule has 2 aliphatic rings. The van der Waals surface area contributed by atoms with Crippen LogP contribution >= 0.6 is 11.6 Å². The van der Waals surface area contributed by atoms with Crippen molar-refractivity contribution in [1.82, 2.24) is 24.4 Å². The van der Waals surface area contributed by atoms with Crippen molar-refractivity contribution in [2.24, 2.45) is 0 Å². The van der Waals surface area contributed by atoms with Crippen molar-refractivity contribution < 1.29 is 9.53 Å². The highest BCUT2D eigenvalue weighted by molar-refractivity contribution is 6.29. The molecule has 0 bridgehead atoms. The average Bonchev–Trinajstić information content (AvgIpc) is 3.13. The Balaban J connectivity index is 0.00000102. The van der Waals surface area contributed by atoms with Gasteiger partial charge in [0.2, 0.25) is 0 Å². The number of carbonyl (C=O) groups excluding carboxylic acids is 1. The highest BCUT2D eigenvalue weighted by atomic mass is 35.5. The van der Waals surface area contributed by atoms with Gasteiger partial charge in [0.1, 0.15) is 11.0 Å². The van der Waals surface area contributed by atoms with Crippen LogP contribution in [-0.2, 0) is 4.74 Å². The Hall–Kier alpha value is -1.90. The monoisotopic (exact) mass is 394 g/mol. The molecule has 0 aromatic carbocycles. The largest absolute Gasteiger partial charge is 0.378 e. The fraction of sp³-hybridized carbons (Fsp3) is 0.611. The number of carbonyl (C=O) groups is 1. The van der Waals surface area contributed by atoms with E-state index in [0.29, 0.717) is 42.8 Å². The van der Waals surface area contributed by atoms with E-state index in [0.717, 1.165) is 32.0 Å². The Morgan fingerprint density at radius 1 is 1.07 bits per heavy atom. The summed E-state index contributed by atoms with van der Waals surface area (Å²) in [5, 5.41) is 4.93. The van der Waals surface area contributed by atoms with Crippen molar-refractivity contribution in [3.8, 4) is 0 Å². The fourth-order valence-corrected chi connectivity index (χ4v) is 3.41. The minimum atomic E-state index is -0.0531. The van der Waals surface area contributed by atoms with Crippen LogP contribution in [0.1, 0.15) is 24.3 Å². The van der Waals surface area contributed by atoms with Crippen molar-refractivity contribution in [2.45, 2.75) is 13.8 Å². The number of hydrogen-bond donors (Lipinski definition) is 0. The molecule has 4 rings (SSSR count). The number of nitrogens with zero attached hydrogens (tertiary/aromatic N) is 6. The minimum Gasteiger partial charge on any atom is -0.378 e. The molecule has 0 spiro atoms. The van der Waals surface area contributed by atoms with Crippen molar-refractivity contribution >= 4 is 29.0 Å². The molecular formula is C18H27ClN6O2. The fourth-order valence-electron chi connectivity index (χ4n) is 3.22. The number of halogens is 1. The summed E-state index contributed by atoms with van der Waals surface area (Å²) in [5.74, 6) is 0.790. The number of aromatic nitrogens is 3. The molecular weight excluding hydrogens is 368 g/mol. The van der Waals surface area contributed by atoms with Crippen LogP contribution in [0, 0.1) is 0 Å². The van der Waals surface area contributed by atoms with Crippen molar-refractivity contribution in [2.75, 3.05) is 64.4 Å². The molecule has 0 saturated carbocycles. The maximum absolute atomic E-state index is 12.8. The van der Waals surface area contributed by atoms with E-state index in [-0.39, 0.29) is 5.91 Å². The van der Waals surface area contributed by atoms with Crippen molar-refractivity contribution in [3.63, 3.8) is 0 Å². The summed E-state index contributed by atoms with van der Waals surface area (Å²) in [5.41, 5.74) is 1.00. The number of piperazine rings is 1. The summed E-state index contributed by atoms with van der Waals surface area (Å²) in [6.45, 7) is 10.0. The molecule has 1 amide bonds. The highest BCUT2D eigenvalue weighted by Crippen LogP contribution is 2.22. The summed E-state index contributed by atoms with van der Waals surface area (Å²) >= 11 is 6.19. The summed E-state index contributed by atoms with van der Waals surface area (Å²) in [6, 6.07) is 3.51. The Labute approximate surface area is 164 Å². The van der Waals surface area contributed by atoms with Crippen LogP contribution in [0.5, 0.6) is 0 Å². The van der Waals surface area contributed by atoms with Crippen LogP contribution in [-0.4, -0.2) is 89.8 Å². The first-order chi connectivity index (χ1) is 13.1. The normalized spacial score (nSPS) is 18.4. The molecule has 2 aliphatic heterocycles. The lowest BCUT2D eigenvalue weighted by molar-refractivity contribution is 0.0658. The second-order valence-electron chi connectivity index (χ2n) is 6.43. The van der Waals surface area contributed by atoms with E-state index >= 15 is 0 Å². The van der Waals surface area contributed by atoms with Crippen LogP contribution < -0.4 is 4.90 Å². The quantitative estimate of drug-likeness (QED) is 0.721. The van der Waals surface area contributed by atoms with E-state index in [2.05, 4.69) is 26.9 Å². The summed E-state index contributed by atoms with van der Waals surface area (Å²) in [7, 11) is 2.06. The molecule has 0 radical (unpaired) electrons. The zero-order chi connectivity index (χ0) is 19.4. The number of hydrogen-bond acceptors (Lipinski definition) is 6. The number of morpholine rings is 1. The second-order valence-corrected chi connectivity index (χ2v) is 6.82. The van der Waals surface area contributed by atoms with Gasteiger partial charge in [0, 0.05) is 51.4 Å². The Morgan fingerprint density at radius 3 is 2.41 bits per heavy atom. The molecule has 0 atom stereocenters. The maximum atomic E-state index is 12.8. The zero-order valence-corrected chi connectivity index (χ0v) is 16.9. The first-order valence-corrected chi connectivity index (χ1v) is 9.86. The van der Waals surface area contributed by atoms with Gasteiger partial charge in [-0.3, -0.25) is 4.79 Å². The van der Waals surface area contributed by atoms with Gasteiger partial charge in [0.25, 0.3) is 5.91 Å². The lowest BCUT2D eigenvalue weighted by Gasteiger charge is -2.31. The highest BCUT2D eigenvalue weighted by Gasteiger charge is 2.24. The molecule has 2 saturated heterocycles.